The number of aryl methyl sites for hydroxylation is 3. The van der Waals surface area contributed by atoms with Crippen molar-refractivity contribution in [2.75, 3.05) is 5.73 Å². The molecule has 23 heavy (non-hydrogen) atoms. The molecular weight excluding hydrogens is 306 g/mol. The maximum atomic E-state index is 9.48. The number of nitriles is 1. The van der Waals surface area contributed by atoms with E-state index < -0.39 is 0 Å². The van der Waals surface area contributed by atoms with E-state index in [9.17, 15) is 5.26 Å². The van der Waals surface area contributed by atoms with Gasteiger partial charge in [0.1, 0.15) is 17.5 Å². The summed E-state index contributed by atoms with van der Waals surface area (Å²) in [5.74, 6) is 0.260. The summed E-state index contributed by atoms with van der Waals surface area (Å²) in [5.41, 5.74) is 12.1. The lowest BCUT2D eigenvalue weighted by atomic mass is 10.0. The zero-order chi connectivity index (χ0) is 16.7. The fraction of sp³-hybridized carbons (Fsp3) is 0.235. The minimum atomic E-state index is 0.260. The molecule has 6 heteroatoms. The van der Waals surface area contributed by atoms with Crippen molar-refractivity contribution >= 4 is 17.2 Å². The van der Waals surface area contributed by atoms with Crippen LogP contribution in [0.3, 0.4) is 0 Å². The highest BCUT2D eigenvalue weighted by Gasteiger charge is 2.19. The normalized spacial score (nSPS) is 10.7. The van der Waals surface area contributed by atoms with Crippen LogP contribution in [0.5, 0.6) is 0 Å². The van der Waals surface area contributed by atoms with Crippen LogP contribution in [0.2, 0.25) is 0 Å². The van der Waals surface area contributed by atoms with Gasteiger partial charge in [-0.3, -0.25) is 4.68 Å². The highest BCUT2D eigenvalue weighted by Crippen LogP contribution is 2.37. The second kappa shape index (κ2) is 5.52. The van der Waals surface area contributed by atoms with Crippen molar-refractivity contribution in [1.29, 1.82) is 5.26 Å². The number of nitrogens with two attached hydrogens (primary N) is 1. The molecule has 3 rings (SSSR count). The van der Waals surface area contributed by atoms with Gasteiger partial charge in [0, 0.05) is 28.7 Å². The predicted octanol–water partition coefficient (Wildman–Crippen LogP) is 3.59. The Hall–Kier alpha value is -2.65. The fourth-order valence-corrected chi connectivity index (χ4v) is 3.73. The summed E-state index contributed by atoms with van der Waals surface area (Å²) >= 11 is 1.60. The molecule has 3 aromatic rings. The van der Waals surface area contributed by atoms with E-state index in [0.29, 0.717) is 5.56 Å². The van der Waals surface area contributed by atoms with Gasteiger partial charge in [-0.05, 0) is 43.8 Å². The number of aromatic nitrogens is 3. The van der Waals surface area contributed by atoms with Gasteiger partial charge in [0.2, 0.25) is 0 Å². The number of hydrogen-bond acceptors (Lipinski definition) is 5. The number of nitrogen functional groups attached to an aromatic ring is 1. The minimum absolute atomic E-state index is 0.260. The van der Waals surface area contributed by atoms with E-state index in [0.717, 1.165) is 38.6 Å². The standard InChI is InChI=1S/C17H17N5S/c1-9-5-6-23-16(9)12-7-14(20-17(19)13(12)8-18)15-10(2)21-22(4)11(15)3/h5-7H,1-4H3,(H2,19,20). The molecule has 0 saturated carbocycles. The van der Waals surface area contributed by atoms with Gasteiger partial charge >= 0.3 is 0 Å². The average Bonchev–Trinajstić information content (AvgIpc) is 3.02. The van der Waals surface area contributed by atoms with E-state index in [1.807, 2.05) is 50.0 Å². The predicted molar refractivity (Wildman–Crippen MR) is 93.1 cm³/mol. The van der Waals surface area contributed by atoms with Crippen LogP contribution >= 0.6 is 11.3 Å². The maximum absolute atomic E-state index is 9.48. The first-order valence-corrected chi connectivity index (χ1v) is 8.07. The van der Waals surface area contributed by atoms with Gasteiger partial charge in [0.25, 0.3) is 0 Å². The molecule has 116 valence electrons. The van der Waals surface area contributed by atoms with Gasteiger partial charge in [-0.2, -0.15) is 10.4 Å². The smallest absolute Gasteiger partial charge is 0.142 e. The minimum Gasteiger partial charge on any atom is -0.383 e. The molecule has 0 unspecified atom stereocenters. The first kappa shape index (κ1) is 15.3. The van der Waals surface area contributed by atoms with Crippen molar-refractivity contribution in [3.05, 3.63) is 40.0 Å². The number of pyridine rings is 1. The van der Waals surface area contributed by atoms with Gasteiger partial charge in [-0.1, -0.05) is 0 Å². The molecule has 5 nitrogen and oxygen atoms in total. The number of thiophene rings is 1. The Morgan fingerprint density at radius 1 is 1.30 bits per heavy atom. The van der Waals surface area contributed by atoms with E-state index >= 15 is 0 Å². The maximum Gasteiger partial charge on any atom is 0.142 e. The zero-order valence-electron chi connectivity index (χ0n) is 13.5. The van der Waals surface area contributed by atoms with Crippen LogP contribution in [0.4, 0.5) is 5.82 Å². The van der Waals surface area contributed by atoms with Crippen molar-refractivity contribution in [2.45, 2.75) is 20.8 Å². The van der Waals surface area contributed by atoms with Crippen molar-refractivity contribution in [3.8, 4) is 27.8 Å². The number of rotatable bonds is 2. The third-order valence-corrected chi connectivity index (χ3v) is 5.08. The lowest BCUT2D eigenvalue weighted by molar-refractivity contribution is 0.731. The molecule has 0 amide bonds. The van der Waals surface area contributed by atoms with E-state index in [2.05, 4.69) is 16.2 Å². The third-order valence-electron chi connectivity index (χ3n) is 4.03. The summed E-state index contributed by atoms with van der Waals surface area (Å²) in [7, 11) is 1.91. The van der Waals surface area contributed by atoms with Gasteiger partial charge in [-0.25, -0.2) is 4.98 Å². The van der Waals surface area contributed by atoms with Crippen LogP contribution in [-0.4, -0.2) is 14.8 Å². The molecule has 0 radical (unpaired) electrons. The van der Waals surface area contributed by atoms with Gasteiger partial charge in [0.15, 0.2) is 0 Å². The molecule has 0 saturated heterocycles. The number of nitrogens with zero attached hydrogens (tertiary/aromatic N) is 4. The Kier molecular flexibility index (Phi) is 3.66. The van der Waals surface area contributed by atoms with Crippen LogP contribution in [0, 0.1) is 32.1 Å². The molecule has 3 aromatic heterocycles. The SMILES string of the molecule is Cc1ccsc1-c1cc(-c2c(C)nn(C)c2C)nc(N)c1C#N. The van der Waals surface area contributed by atoms with Crippen molar-refractivity contribution < 1.29 is 0 Å². The Balaban J connectivity index is 2.32. The average molecular weight is 323 g/mol. The van der Waals surface area contributed by atoms with Gasteiger partial charge < -0.3 is 5.73 Å². The largest absolute Gasteiger partial charge is 0.383 e. The molecule has 0 atom stereocenters. The summed E-state index contributed by atoms with van der Waals surface area (Å²) < 4.78 is 1.83. The zero-order valence-corrected chi connectivity index (χ0v) is 14.3. The monoisotopic (exact) mass is 323 g/mol. The second-order valence-corrected chi connectivity index (χ2v) is 6.45. The van der Waals surface area contributed by atoms with Crippen molar-refractivity contribution in [1.82, 2.24) is 14.8 Å². The molecule has 0 aliphatic rings. The first-order valence-electron chi connectivity index (χ1n) is 7.19. The van der Waals surface area contributed by atoms with E-state index in [1.165, 1.54) is 0 Å². The molecule has 0 bridgehead atoms. The Labute approximate surface area is 139 Å². The molecule has 0 spiro atoms. The number of hydrogen-bond donors (Lipinski definition) is 1. The van der Waals surface area contributed by atoms with Crippen molar-refractivity contribution in [3.63, 3.8) is 0 Å². The molecule has 3 heterocycles. The molecule has 0 aromatic carbocycles. The van der Waals surface area contributed by atoms with E-state index in [1.54, 1.807) is 11.3 Å². The second-order valence-electron chi connectivity index (χ2n) is 5.53. The Morgan fingerprint density at radius 2 is 2.04 bits per heavy atom. The van der Waals surface area contributed by atoms with Crippen LogP contribution in [0.1, 0.15) is 22.5 Å². The first-order chi connectivity index (χ1) is 10.9. The quantitative estimate of drug-likeness (QED) is 0.781. The third kappa shape index (κ3) is 2.39. The fourth-order valence-electron chi connectivity index (χ4n) is 2.78. The molecule has 0 aliphatic carbocycles. The molecule has 0 aliphatic heterocycles. The van der Waals surface area contributed by atoms with Crippen LogP contribution in [-0.2, 0) is 7.05 Å². The van der Waals surface area contributed by atoms with E-state index in [4.69, 9.17) is 5.73 Å². The van der Waals surface area contributed by atoms with Crippen LogP contribution in [0.15, 0.2) is 17.5 Å². The molecule has 0 fully saturated rings. The Bertz CT molecular complexity index is 943. The highest BCUT2D eigenvalue weighted by atomic mass is 32.1. The highest BCUT2D eigenvalue weighted by molar-refractivity contribution is 7.13. The lowest BCUT2D eigenvalue weighted by Gasteiger charge is -2.10. The van der Waals surface area contributed by atoms with E-state index in [-0.39, 0.29) is 5.82 Å². The van der Waals surface area contributed by atoms with Crippen molar-refractivity contribution in [2.24, 2.45) is 7.05 Å². The lowest BCUT2D eigenvalue weighted by Crippen LogP contribution is -2.00. The summed E-state index contributed by atoms with van der Waals surface area (Å²) in [5, 5.41) is 15.9. The van der Waals surface area contributed by atoms with Crippen LogP contribution in [0.25, 0.3) is 21.7 Å². The summed E-state index contributed by atoms with van der Waals surface area (Å²) in [6.45, 7) is 5.99. The summed E-state index contributed by atoms with van der Waals surface area (Å²) in [6, 6.07) is 6.18. The molecular formula is C17H17N5S. The summed E-state index contributed by atoms with van der Waals surface area (Å²) in [6.07, 6.45) is 0. The number of anilines is 1. The summed E-state index contributed by atoms with van der Waals surface area (Å²) in [4.78, 5) is 5.51. The topological polar surface area (TPSA) is 80.5 Å². The van der Waals surface area contributed by atoms with Gasteiger partial charge in [-0.15, -0.1) is 11.3 Å². The Morgan fingerprint density at radius 3 is 2.57 bits per heavy atom. The molecule has 2 N–H and O–H groups in total. The van der Waals surface area contributed by atoms with Crippen LogP contribution < -0.4 is 5.73 Å². The van der Waals surface area contributed by atoms with Gasteiger partial charge in [0.05, 0.1) is 11.4 Å².